The van der Waals surface area contributed by atoms with Crippen molar-refractivity contribution in [2.24, 2.45) is 0 Å². The maximum Gasteiger partial charge on any atom is 0.334 e. The Labute approximate surface area is 94.8 Å². The van der Waals surface area contributed by atoms with Gasteiger partial charge in [0.15, 0.2) is 11.8 Å². The molecule has 86 valence electrons. The second kappa shape index (κ2) is 4.54. The Balaban J connectivity index is 2.05. The molecule has 1 saturated heterocycles. The number of aromatic nitrogens is 2. The van der Waals surface area contributed by atoms with E-state index >= 15 is 0 Å². The van der Waals surface area contributed by atoms with Gasteiger partial charge in [-0.1, -0.05) is 4.49 Å². The number of rotatable bonds is 2. The van der Waals surface area contributed by atoms with Crippen LogP contribution in [-0.2, 0) is 9.53 Å². The van der Waals surface area contributed by atoms with Crippen LogP contribution in [0.5, 0.6) is 0 Å². The standard InChI is InChI=1S/C8H9N3O4S/c12-7(5-4-16-10-9-5)11-1-2-15-6(3-11)8(13)14/h4,6H,1-3H2,(H,13,14). The van der Waals surface area contributed by atoms with E-state index in [2.05, 4.69) is 9.59 Å². The summed E-state index contributed by atoms with van der Waals surface area (Å²) in [6.45, 7) is 0.645. The summed E-state index contributed by atoms with van der Waals surface area (Å²) in [6.07, 6.45) is -0.954. The van der Waals surface area contributed by atoms with E-state index in [1.54, 1.807) is 0 Å². The van der Waals surface area contributed by atoms with Crippen LogP contribution < -0.4 is 0 Å². The summed E-state index contributed by atoms with van der Waals surface area (Å²) in [5.74, 6) is -1.36. The molecule has 1 aliphatic rings. The Morgan fingerprint density at radius 2 is 2.44 bits per heavy atom. The molecule has 8 heteroatoms. The highest BCUT2D eigenvalue weighted by Crippen LogP contribution is 2.10. The van der Waals surface area contributed by atoms with Gasteiger partial charge in [0.1, 0.15) is 0 Å². The SMILES string of the molecule is O=C(O)C1CN(C(=O)c2csnn2)CCO1. The Morgan fingerprint density at radius 3 is 3.06 bits per heavy atom. The zero-order chi connectivity index (χ0) is 11.5. The molecule has 1 aromatic rings. The van der Waals surface area contributed by atoms with E-state index in [0.717, 1.165) is 11.5 Å². The molecular weight excluding hydrogens is 234 g/mol. The van der Waals surface area contributed by atoms with Crippen molar-refractivity contribution in [3.05, 3.63) is 11.1 Å². The molecule has 1 N–H and O–H groups in total. The Morgan fingerprint density at radius 1 is 1.62 bits per heavy atom. The van der Waals surface area contributed by atoms with Gasteiger partial charge in [0.05, 0.1) is 13.2 Å². The summed E-state index contributed by atoms with van der Waals surface area (Å²) >= 11 is 1.08. The topological polar surface area (TPSA) is 92.6 Å². The van der Waals surface area contributed by atoms with E-state index in [1.807, 2.05) is 0 Å². The third kappa shape index (κ3) is 2.17. The minimum atomic E-state index is -1.06. The molecule has 1 atom stereocenters. The average Bonchev–Trinajstić information content (AvgIpc) is 2.81. The summed E-state index contributed by atoms with van der Waals surface area (Å²) < 4.78 is 8.60. The van der Waals surface area contributed by atoms with Crippen LogP contribution in [0.1, 0.15) is 10.5 Å². The Kier molecular flexibility index (Phi) is 3.11. The lowest BCUT2D eigenvalue weighted by Gasteiger charge is -2.30. The van der Waals surface area contributed by atoms with Crippen molar-refractivity contribution in [2.45, 2.75) is 6.10 Å². The molecule has 0 aromatic carbocycles. The average molecular weight is 243 g/mol. The molecule has 1 aliphatic heterocycles. The van der Waals surface area contributed by atoms with E-state index < -0.39 is 12.1 Å². The van der Waals surface area contributed by atoms with E-state index in [4.69, 9.17) is 9.84 Å². The van der Waals surface area contributed by atoms with Crippen molar-refractivity contribution >= 4 is 23.4 Å². The number of amides is 1. The highest BCUT2D eigenvalue weighted by atomic mass is 32.1. The molecule has 0 spiro atoms. The van der Waals surface area contributed by atoms with Crippen LogP contribution in [0, 0.1) is 0 Å². The molecule has 1 fully saturated rings. The molecule has 1 unspecified atom stereocenters. The van der Waals surface area contributed by atoms with Gasteiger partial charge in [-0.05, 0) is 11.5 Å². The quantitative estimate of drug-likeness (QED) is 0.750. The molecule has 7 nitrogen and oxygen atoms in total. The van der Waals surface area contributed by atoms with Crippen LogP contribution in [0.15, 0.2) is 5.38 Å². The Bertz CT molecular complexity index is 394. The molecule has 0 radical (unpaired) electrons. The summed E-state index contributed by atoms with van der Waals surface area (Å²) in [7, 11) is 0. The fraction of sp³-hybridized carbons (Fsp3) is 0.500. The highest BCUT2D eigenvalue weighted by molar-refractivity contribution is 7.03. The predicted molar refractivity (Wildman–Crippen MR) is 53.2 cm³/mol. The number of morpholine rings is 1. The predicted octanol–water partition coefficient (Wildman–Crippen LogP) is -0.536. The van der Waals surface area contributed by atoms with Crippen LogP contribution in [0.3, 0.4) is 0 Å². The largest absolute Gasteiger partial charge is 0.479 e. The summed E-state index contributed by atoms with van der Waals surface area (Å²) in [5, 5.41) is 14.0. The smallest absolute Gasteiger partial charge is 0.334 e. The number of hydrogen-bond donors (Lipinski definition) is 1. The van der Waals surface area contributed by atoms with Crippen LogP contribution in [0.2, 0.25) is 0 Å². The minimum Gasteiger partial charge on any atom is -0.479 e. The summed E-state index contributed by atoms with van der Waals surface area (Å²) in [4.78, 5) is 23.9. The second-order valence-corrected chi connectivity index (χ2v) is 3.85. The van der Waals surface area contributed by atoms with E-state index in [9.17, 15) is 9.59 Å². The number of carbonyl (C=O) groups excluding carboxylic acids is 1. The zero-order valence-corrected chi connectivity index (χ0v) is 9.01. The van der Waals surface area contributed by atoms with Crippen molar-refractivity contribution in [3.63, 3.8) is 0 Å². The summed E-state index contributed by atoms with van der Waals surface area (Å²) in [6, 6.07) is 0. The Hall–Kier alpha value is -1.54. The number of carboxylic acids is 1. The molecule has 0 saturated carbocycles. The zero-order valence-electron chi connectivity index (χ0n) is 8.20. The monoisotopic (exact) mass is 243 g/mol. The van der Waals surface area contributed by atoms with Crippen molar-refractivity contribution < 1.29 is 19.4 Å². The summed E-state index contributed by atoms with van der Waals surface area (Å²) in [5.41, 5.74) is 0.246. The molecule has 0 aliphatic carbocycles. The number of nitrogens with zero attached hydrogens (tertiary/aromatic N) is 3. The van der Waals surface area contributed by atoms with E-state index in [0.29, 0.717) is 6.54 Å². The van der Waals surface area contributed by atoms with Gasteiger partial charge in [-0.25, -0.2) is 4.79 Å². The van der Waals surface area contributed by atoms with Crippen molar-refractivity contribution in [1.82, 2.24) is 14.5 Å². The van der Waals surface area contributed by atoms with E-state index in [-0.39, 0.29) is 24.8 Å². The molecule has 1 amide bonds. The van der Waals surface area contributed by atoms with Gasteiger partial charge in [-0.3, -0.25) is 4.79 Å². The highest BCUT2D eigenvalue weighted by Gasteiger charge is 2.30. The van der Waals surface area contributed by atoms with Gasteiger partial charge in [0, 0.05) is 11.9 Å². The van der Waals surface area contributed by atoms with Crippen LogP contribution in [-0.4, -0.2) is 57.3 Å². The number of ether oxygens (including phenoxy) is 1. The fourth-order valence-electron chi connectivity index (χ4n) is 1.40. The molecule has 2 rings (SSSR count). The molecule has 0 bridgehead atoms. The lowest BCUT2D eigenvalue weighted by molar-refractivity contribution is -0.154. The van der Waals surface area contributed by atoms with Gasteiger partial charge in [0.25, 0.3) is 5.91 Å². The van der Waals surface area contributed by atoms with Gasteiger partial charge < -0.3 is 14.7 Å². The lowest BCUT2D eigenvalue weighted by Crippen LogP contribution is -2.48. The van der Waals surface area contributed by atoms with Gasteiger partial charge >= 0.3 is 5.97 Å². The number of carbonyl (C=O) groups is 2. The van der Waals surface area contributed by atoms with Gasteiger partial charge in [0.2, 0.25) is 0 Å². The van der Waals surface area contributed by atoms with Crippen LogP contribution >= 0.6 is 11.5 Å². The van der Waals surface area contributed by atoms with Gasteiger partial charge in [-0.2, -0.15) is 0 Å². The number of hydrogen-bond acceptors (Lipinski definition) is 6. The van der Waals surface area contributed by atoms with Crippen LogP contribution in [0.4, 0.5) is 0 Å². The van der Waals surface area contributed by atoms with Gasteiger partial charge in [-0.15, -0.1) is 5.10 Å². The number of carboxylic acid groups (broad SMARTS) is 1. The van der Waals surface area contributed by atoms with Crippen molar-refractivity contribution in [2.75, 3.05) is 19.7 Å². The normalized spacial score (nSPS) is 20.8. The van der Waals surface area contributed by atoms with E-state index in [1.165, 1.54) is 10.3 Å². The maximum atomic E-state index is 11.8. The molecule has 1 aromatic heterocycles. The lowest BCUT2D eigenvalue weighted by atomic mass is 10.2. The first-order valence-electron chi connectivity index (χ1n) is 4.59. The van der Waals surface area contributed by atoms with Crippen molar-refractivity contribution in [3.8, 4) is 0 Å². The fourth-order valence-corrected chi connectivity index (χ4v) is 1.83. The number of aliphatic carboxylic acids is 1. The third-order valence-electron chi connectivity index (χ3n) is 2.21. The van der Waals surface area contributed by atoms with Crippen LogP contribution in [0.25, 0.3) is 0 Å². The third-order valence-corrected chi connectivity index (χ3v) is 2.71. The first-order valence-corrected chi connectivity index (χ1v) is 5.43. The molecular formula is C8H9N3O4S. The second-order valence-electron chi connectivity index (χ2n) is 3.24. The molecule has 16 heavy (non-hydrogen) atoms. The first kappa shape index (κ1) is 11.0. The maximum absolute atomic E-state index is 11.8. The molecule has 2 heterocycles. The minimum absolute atomic E-state index is 0.0473. The van der Waals surface area contributed by atoms with Crippen molar-refractivity contribution in [1.29, 1.82) is 0 Å². The first-order chi connectivity index (χ1) is 7.68.